The third kappa shape index (κ3) is 4.96. The molecule has 3 rings (SSSR count). The summed E-state index contributed by atoms with van der Waals surface area (Å²) in [4.78, 5) is 11.3. The molecular formula is C25H36O5. The molecule has 30 heavy (non-hydrogen) atoms. The number of ether oxygens (including phenoxy) is 2. The predicted octanol–water partition coefficient (Wildman–Crippen LogP) is 4.71. The Morgan fingerprint density at radius 1 is 1.33 bits per heavy atom. The van der Waals surface area contributed by atoms with Gasteiger partial charge in [0.05, 0.1) is 6.10 Å². The second-order valence-electron chi connectivity index (χ2n) is 9.24. The zero-order chi connectivity index (χ0) is 21.9. The highest BCUT2D eigenvalue weighted by atomic mass is 16.6. The van der Waals surface area contributed by atoms with E-state index in [1.807, 2.05) is 6.08 Å². The van der Waals surface area contributed by atoms with E-state index in [0.717, 1.165) is 24.8 Å². The van der Waals surface area contributed by atoms with E-state index in [1.165, 1.54) is 42.9 Å². The topological polar surface area (TPSA) is 76.0 Å². The van der Waals surface area contributed by atoms with E-state index in [1.54, 1.807) is 0 Å². The predicted molar refractivity (Wildman–Crippen MR) is 116 cm³/mol. The summed E-state index contributed by atoms with van der Waals surface area (Å²) in [5, 5.41) is 20.1. The molecular weight excluding hydrogens is 380 g/mol. The van der Waals surface area contributed by atoms with E-state index >= 15 is 0 Å². The molecule has 0 aromatic rings. The number of cyclic esters (lactones) is 1. The zero-order valence-corrected chi connectivity index (χ0v) is 18.5. The molecule has 0 saturated heterocycles. The summed E-state index contributed by atoms with van der Waals surface area (Å²) in [6.45, 7) is 11.0. The van der Waals surface area contributed by atoms with Crippen LogP contribution in [-0.4, -0.2) is 34.9 Å². The van der Waals surface area contributed by atoms with Gasteiger partial charge in [0.25, 0.3) is 0 Å². The third-order valence-electron chi connectivity index (χ3n) is 7.32. The first-order chi connectivity index (χ1) is 14.2. The smallest absolute Gasteiger partial charge is 0.333 e. The average Bonchev–Trinajstić information content (AvgIpc) is 3.23. The molecule has 5 heteroatoms. The highest BCUT2D eigenvalue weighted by molar-refractivity contribution is 5.85. The Balaban J connectivity index is 1.49. The first kappa shape index (κ1) is 23.0. The number of aliphatic hydroxyl groups is 2. The minimum absolute atomic E-state index is 0.296. The minimum Gasteiger partial charge on any atom is -0.429 e. The molecule has 2 aliphatic heterocycles. The van der Waals surface area contributed by atoms with Crippen LogP contribution in [0.3, 0.4) is 0 Å². The number of aliphatic hydroxyl groups excluding tert-OH is 2. The van der Waals surface area contributed by atoms with Gasteiger partial charge in [-0.2, -0.15) is 0 Å². The number of esters is 1. The number of hydrogen-bond donors (Lipinski definition) is 2. The first-order valence-corrected chi connectivity index (χ1v) is 11.2. The monoisotopic (exact) mass is 416 g/mol. The van der Waals surface area contributed by atoms with Gasteiger partial charge in [0.1, 0.15) is 0 Å². The lowest BCUT2D eigenvalue weighted by atomic mass is 9.70. The summed E-state index contributed by atoms with van der Waals surface area (Å²) in [7, 11) is 0. The van der Waals surface area contributed by atoms with E-state index in [-0.39, 0.29) is 0 Å². The molecule has 1 saturated carbocycles. The van der Waals surface area contributed by atoms with Gasteiger partial charge in [-0.25, -0.2) is 4.79 Å². The van der Waals surface area contributed by atoms with Gasteiger partial charge in [-0.15, -0.1) is 0 Å². The van der Waals surface area contributed by atoms with Crippen molar-refractivity contribution in [1.82, 2.24) is 0 Å². The van der Waals surface area contributed by atoms with E-state index in [2.05, 4.69) is 33.4 Å². The van der Waals surface area contributed by atoms with Crippen LogP contribution in [-0.2, 0) is 14.3 Å². The molecule has 2 heterocycles. The maximum Gasteiger partial charge on any atom is 0.333 e. The number of carbonyl (C=O) groups is 1. The fourth-order valence-corrected chi connectivity index (χ4v) is 5.24. The van der Waals surface area contributed by atoms with Crippen LogP contribution >= 0.6 is 0 Å². The number of hydrogen-bond acceptors (Lipinski definition) is 5. The van der Waals surface area contributed by atoms with Crippen LogP contribution in [0.15, 0.2) is 47.1 Å². The van der Waals surface area contributed by atoms with Crippen LogP contribution in [0.5, 0.6) is 0 Å². The van der Waals surface area contributed by atoms with Crippen molar-refractivity contribution >= 4 is 5.97 Å². The van der Waals surface area contributed by atoms with Crippen LogP contribution in [0, 0.1) is 11.3 Å². The van der Waals surface area contributed by atoms with Gasteiger partial charge in [0, 0.05) is 11.6 Å². The summed E-state index contributed by atoms with van der Waals surface area (Å²) < 4.78 is 10.3. The lowest BCUT2D eigenvalue weighted by Crippen LogP contribution is -2.32. The molecule has 3 aliphatic rings. The van der Waals surface area contributed by atoms with E-state index in [0.29, 0.717) is 23.3 Å². The molecule has 1 aliphatic carbocycles. The molecule has 1 fully saturated rings. The van der Waals surface area contributed by atoms with Gasteiger partial charge in [0.2, 0.25) is 6.29 Å². The highest BCUT2D eigenvalue weighted by Crippen LogP contribution is 2.51. The Labute approximate surface area is 180 Å². The fraction of sp³-hybridized carbons (Fsp3) is 0.640. The second-order valence-corrected chi connectivity index (χ2v) is 9.24. The van der Waals surface area contributed by atoms with E-state index in [9.17, 15) is 15.0 Å². The van der Waals surface area contributed by atoms with Gasteiger partial charge in [-0.1, -0.05) is 43.2 Å². The second kappa shape index (κ2) is 9.63. The Morgan fingerprint density at radius 3 is 2.67 bits per heavy atom. The molecule has 166 valence electrons. The summed E-state index contributed by atoms with van der Waals surface area (Å²) >= 11 is 0. The quantitative estimate of drug-likeness (QED) is 0.443. The van der Waals surface area contributed by atoms with Crippen molar-refractivity contribution < 1.29 is 24.5 Å². The van der Waals surface area contributed by atoms with Gasteiger partial charge in [0.15, 0.2) is 6.29 Å². The molecule has 2 N–H and O–H groups in total. The lowest BCUT2D eigenvalue weighted by Gasteiger charge is -2.35. The van der Waals surface area contributed by atoms with E-state index < -0.39 is 24.7 Å². The van der Waals surface area contributed by atoms with Gasteiger partial charge >= 0.3 is 5.97 Å². The summed E-state index contributed by atoms with van der Waals surface area (Å²) in [6, 6.07) is 0. The molecule has 0 aromatic heterocycles. The SMILES string of the molecule is C=C(C)[C@]1(CC/C(C)=C/CCC2=CC[C@H](C3=CC(=O)O[C@@H]3O)O[C@@H]2O)CCC[C@H]1C. The minimum atomic E-state index is -1.28. The van der Waals surface area contributed by atoms with Crippen molar-refractivity contribution in [2.45, 2.75) is 90.8 Å². The molecule has 5 atom stereocenters. The van der Waals surface area contributed by atoms with Gasteiger partial charge < -0.3 is 19.7 Å². The average molecular weight is 417 g/mol. The first-order valence-electron chi connectivity index (χ1n) is 11.2. The largest absolute Gasteiger partial charge is 0.429 e. The molecule has 0 aromatic carbocycles. The maximum absolute atomic E-state index is 11.3. The Bertz CT molecular complexity index is 762. The molecule has 0 amide bonds. The molecule has 0 radical (unpaired) electrons. The molecule has 0 spiro atoms. The number of allylic oxidation sites excluding steroid dienone is 3. The van der Waals surface area contributed by atoms with Gasteiger partial charge in [-0.05, 0) is 75.7 Å². The zero-order valence-electron chi connectivity index (χ0n) is 18.5. The lowest BCUT2D eigenvalue weighted by molar-refractivity contribution is -0.155. The van der Waals surface area contributed by atoms with Gasteiger partial charge in [-0.3, -0.25) is 0 Å². The van der Waals surface area contributed by atoms with Crippen molar-refractivity contribution in [3.05, 3.63) is 47.1 Å². The van der Waals surface area contributed by atoms with Crippen molar-refractivity contribution in [2.75, 3.05) is 0 Å². The number of carbonyl (C=O) groups excluding carboxylic acids is 1. The Hall–Kier alpha value is -1.69. The standard InChI is InChI=1S/C25H36O5/c1-16(2)25(13-6-8-18(25)4)14-12-17(3)7-5-9-19-10-11-21(29-23(19)27)20-15-22(26)30-24(20)28/h7,10,15,18,21,23-24,27-28H,1,5-6,8-9,11-14H2,2-4H3/b17-7+/t18-,21-,23+,24+,25-/m1/s1. The summed E-state index contributed by atoms with van der Waals surface area (Å²) in [5.74, 6) is 0.135. The molecule has 5 nitrogen and oxygen atoms in total. The molecule has 0 unspecified atom stereocenters. The normalized spacial score (nSPS) is 34.6. The van der Waals surface area contributed by atoms with Crippen molar-refractivity contribution in [3.8, 4) is 0 Å². The van der Waals surface area contributed by atoms with Crippen LogP contribution in [0.25, 0.3) is 0 Å². The molecule has 0 bridgehead atoms. The fourth-order valence-electron chi connectivity index (χ4n) is 5.24. The van der Waals surface area contributed by atoms with Crippen molar-refractivity contribution in [1.29, 1.82) is 0 Å². The maximum atomic E-state index is 11.3. The summed E-state index contributed by atoms with van der Waals surface area (Å²) in [6.07, 6.45) is 10.8. The van der Waals surface area contributed by atoms with Crippen LogP contribution in [0.4, 0.5) is 0 Å². The van der Waals surface area contributed by atoms with Crippen LogP contribution in [0.1, 0.15) is 72.1 Å². The third-order valence-corrected chi connectivity index (χ3v) is 7.32. The number of rotatable bonds is 8. The Morgan fingerprint density at radius 2 is 2.10 bits per heavy atom. The van der Waals surface area contributed by atoms with Crippen LogP contribution in [0.2, 0.25) is 0 Å². The van der Waals surface area contributed by atoms with E-state index in [4.69, 9.17) is 9.47 Å². The van der Waals surface area contributed by atoms with Crippen LogP contribution < -0.4 is 0 Å². The highest BCUT2D eigenvalue weighted by Gasteiger charge is 2.40. The Kier molecular flexibility index (Phi) is 7.38. The summed E-state index contributed by atoms with van der Waals surface area (Å²) in [5.41, 5.74) is 4.23. The van der Waals surface area contributed by atoms with Crippen molar-refractivity contribution in [3.63, 3.8) is 0 Å². The van der Waals surface area contributed by atoms with Crippen molar-refractivity contribution in [2.24, 2.45) is 11.3 Å².